The van der Waals surface area contributed by atoms with Gasteiger partial charge in [0.25, 0.3) is 0 Å². The number of piperidine rings is 1. The van der Waals surface area contributed by atoms with Gasteiger partial charge in [0, 0.05) is 31.6 Å². The van der Waals surface area contributed by atoms with Gasteiger partial charge in [-0.15, -0.1) is 11.3 Å². The third-order valence-electron chi connectivity index (χ3n) is 6.20. The topological polar surface area (TPSA) is 45.7 Å². The number of amides is 1. The monoisotopic (exact) mass is 379 g/mol. The van der Waals surface area contributed by atoms with Crippen LogP contribution in [-0.2, 0) is 16.1 Å². The molecule has 0 saturated carbocycles. The van der Waals surface area contributed by atoms with Crippen molar-refractivity contribution >= 4 is 17.2 Å². The van der Waals surface area contributed by atoms with Crippen molar-refractivity contribution in [3.05, 3.63) is 15.6 Å². The van der Waals surface area contributed by atoms with Crippen molar-refractivity contribution in [2.45, 2.75) is 58.9 Å². The standard InChI is InChI=1S/C20H33N3O2S/c1-16-18(26-17(2)21-16)15-22-10-4-6-20(7-11-22)8-12-23(13-9-20)19(24)5-14-25-3/h4-15H2,1-3H3. The second kappa shape index (κ2) is 8.81. The molecule has 6 heteroatoms. The smallest absolute Gasteiger partial charge is 0.224 e. The fourth-order valence-corrected chi connectivity index (χ4v) is 5.45. The maximum Gasteiger partial charge on any atom is 0.224 e. The van der Waals surface area contributed by atoms with Crippen LogP contribution in [0.5, 0.6) is 0 Å². The van der Waals surface area contributed by atoms with Gasteiger partial charge in [-0.25, -0.2) is 4.98 Å². The number of methoxy groups -OCH3 is 1. The average molecular weight is 380 g/mol. The SMILES string of the molecule is COCCC(=O)N1CCC2(CCCN(Cc3sc(C)nc3C)CC2)CC1. The molecule has 3 heterocycles. The summed E-state index contributed by atoms with van der Waals surface area (Å²) in [5.41, 5.74) is 1.65. The van der Waals surface area contributed by atoms with E-state index in [9.17, 15) is 4.79 Å². The number of rotatable bonds is 5. The molecular formula is C20H33N3O2S. The average Bonchev–Trinajstić information content (AvgIpc) is 2.82. The predicted molar refractivity (Wildman–Crippen MR) is 105 cm³/mol. The molecular weight excluding hydrogens is 346 g/mol. The van der Waals surface area contributed by atoms with Gasteiger partial charge in [-0.1, -0.05) is 0 Å². The number of thiazole rings is 1. The molecule has 2 aliphatic rings. The van der Waals surface area contributed by atoms with Crippen molar-refractivity contribution in [1.82, 2.24) is 14.8 Å². The number of carbonyl (C=O) groups is 1. The minimum atomic E-state index is 0.257. The predicted octanol–water partition coefficient (Wildman–Crippen LogP) is 3.39. The lowest BCUT2D eigenvalue weighted by molar-refractivity contribution is -0.134. The maximum absolute atomic E-state index is 12.2. The minimum absolute atomic E-state index is 0.257. The molecule has 2 saturated heterocycles. The van der Waals surface area contributed by atoms with Gasteiger partial charge in [0.1, 0.15) is 0 Å². The molecule has 2 fully saturated rings. The minimum Gasteiger partial charge on any atom is -0.384 e. The number of likely N-dealkylation sites (tertiary alicyclic amines) is 2. The van der Waals surface area contributed by atoms with E-state index in [4.69, 9.17) is 4.74 Å². The molecule has 1 amide bonds. The number of aromatic nitrogens is 1. The second-order valence-corrected chi connectivity index (χ2v) is 9.28. The summed E-state index contributed by atoms with van der Waals surface area (Å²) in [6.07, 6.45) is 6.70. The first-order valence-corrected chi connectivity index (χ1v) is 10.7. The summed E-state index contributed by atoms with van der Waals surface area (Å²) < 4.78 is 5.04. The highest BCUT2D eigenvalue weighted by Crippen LogP contribution is 2.41. The number of nitrogens with zero attached hydrogens (tertiary/aromatic N) is 3. The molecule has 0 bridgehead atoms. The molecule has 1 aromatic rings. The van der Waals surface area contributed by atoms with Crippen LogP contribution < -0.4 is 0 Å². The Morgan fingerprint density at radius 2 is 1.88 bits per heavy atom. The molecule has 0 aliphatic carbocycles. The maximum atomic E-state index is 12.2. The van der Waals surface area contributed by atoms with Gasteiger partial charge in [0.05, 0.1) is 23.7 Å². The molecule has 1 aromatic heterocycles. The summed E-state index contributed by atoms with van der Waals surface area (Å²) in [7, 11) is 1.66. The van der Waals surface area contributed by atoms with Gasteiger partial charge in [0.2, 0.25) is 5.91 Å². The largest absolute Gasteiger partial charge is 0.384 e. The molecule has 2 aliphatic heterocycles. The van der Waals surface area contributed by atoms with Crippen LogP contribution in [0.15, 0.2) is 0 Å². The summed E-state index contributed by atoms with van der Waals surface area (Å²) in [5, 5.41) is 1.18. The number of carbonyl (C=O) groups excluding carboxylic acids is 1. The first-order chi connectivity index (χ1) is 12.5. The molecule has 0 radical (unpaired) electrons. The fourth-order valence-electron chi connectivity index (χ4n) is 4.47. The Morgan fingerprint density at radius 3 is 2.54 bits per heavy atom. The Morgan fingerprint density at radius 1 is 1.15 bits per heavy atom. The van der Waals surface area contributed by atoms with E-state index in [2.05, 4.69) is 28.6 Å². The number of ether oxygens (including phenoxy) is 1. The van der Waals surface area contributed by atoms with Gasteiger partial charge >= 0.3 is 0 Å². The van der Waals surface area contributed by atoms with E-state index in [0.29, 0.717) is 18.4 Å². The molecule has 0 unspecified atom stereocenters. The zero-order valence-corrected chi connectivity index (χ0v) is 17.4. The molecule has 26 heavy (non-hydrogen) atoms. The fraction of sp³-hybridized carbons (Fsp3) is 0.800. The molecule has 0 N–H and O–H groups in total. The lowest BCUT2D eigenvalue weighted by Crippen LogP contribution is -2.43. The van der Waals surface area contributed by atoms with E-state index in [1.54, 1.807) is 7.11 Å². The van der Waals surface area contributed by atoms with E-state index in [1.807, 2.05) is 11.3 Å². The van der Waals surface area contributed by atoms with E-state index >= 15 is 0 Å². The van der Waals surface area contributed by atoms with Gasteiger partial charge in [-0.05, 0) is 64.5 Å². The number of hydrogen-bond donors (Lipinski definition) is 0. The summed E-state index contributed by atoms with van der Waals surface area (Å²) in [5.74, 6) is 0.257. The zero-order chi connectivity index (χ0) is 18.6. The van der Waals surface area contributed by atoms with E-state index < -0.39 is 0 Å². The van der Waals surface area contributed by atoms with Gasteiger partial charge in [0.15, 0.2) is 0 Å². The van der Waals surface area contributed by atoms with Crippen molar-refractivity contribution in [3.63, 3.8) is 0 Å². The number of aryl methyl sites for hydroxylation is 2. The van der Waals surface area contributed by atoms with Crippen LogP contribution in [-0.4, -0.2) is 60.6 Å². The lowest BCUT2D eigenvalue weighted by atomic mass is 9.73. The third-order valence-corrected chi connectivity index (χ3v) is 7.26. The normalized spacial score (nSPS) is 21.1. The summed E-state index contributed by atoms with van der Waals surface area (Å²) in [4.78, 5) is 22.9. The van der Waals surface area contributed by atoms with Crippen molar-refractivity contribution in [3.8, 4) is 0 Å². The van der Waals surface area contributed by atoms with Crippen molar-refractivity contribution in [2.75, 3.05) is 39.9 Å². The molecule has 3 rings (SSSR count). The van der Waals surface area contributed by atoms with Crippen molar-refractivity contribution in [1.29, 1.82) is 0 Å². The Balaban J connectivity index is 1.51. The Kier molecular flexibility index (Phi) is 6.70. The first-order valence-electron chi connectivity index (χ1n) is 9.93. The van der Waals surface area contributed by atoms with Crippen LogP contribution in [0.1, 0.15) is 54.1 Å². The summed E-state index contributed by atoms with van der Waals surface area (Å²) in [6.45, 7) is 10.0. The van der Waals surface area contributed by atoms with Crippen LogP contribution in [0.25, 0.3) is 0 Å². The molecule has 5 nitrogen and oxygen atoms in total. The van der Waals surface area contributed by atoms with Gasteiger partial charge in [-0.3, -0.25) is 9.69 Å². The van der Waals surface area contributed by atoms with Gasteiger partial charge < -0.3 is 9.64 Å². The summed E-state index contributed by atoms with van der Waals surface area (Å²) >= 11 is 1.84. The van der Waals surface area contributed by atoms with Crippen LogP contribution in [0.3, 0.4) is 0 Å². The Labute approximate surface area is 161 Å². The second-order valence-electron chi connectivity index (χ2n) is 7.99. The highest BCUT2D eigenvalue weighted by Gasteiger charge is 2.37. The molecule has 146 valence electrons. The third kappa shape index (κ3) is 4.84. The first kappa shape index (κ1) is 19.8. The summed E-state index contributed by atoms with van der Waals surface area (Å²) in [6, 6.07) is 0. The zero-order valence-electron chi connectivity index (χ0n) is 16.6. The quantitative estimate of drug-likeness (QED) is 0.787. The Hall–Kier alpha value is -0.980. The Bertz CT molecular complexity index is 608. The van der Waals surface area contributed by atoms with Crippen molar-refractivity contribution < 1.29 is 9.53 Å². The highest BCUT2D eigenvalue weighted by atomic mass is 32.1. The highest BCUT2D eigenvalue weighted by molar-refractivity contribution is 7.11. The lowest BCUT2D eigenvalue weighted by Gasteiger charge is -2.41. The van der Waals surface area contributed by atoms with E-state index in [1.165, 1.54) is 47.9 Å². The number of hydrogen-bond acceptors (Lipinski definition) is 5. The van der Waals surface area contributed by atoms with Crippen LogP contribution in [0, 0.1) is 19.3 Å². The molecule has 0 atom stereocenters. The van der Waals surface area contributed by atoms with Crippen LogP contribution >= 0.6 is 11.3 Å². The van der Waals surface area contributed by atoms with Crippen LogP contribution in [0.2, 0.25) is 0 Å². The molecule has 0 aromatic carbocycles. The van der Waals surface area contributed by atoms with Crippen LogP contribution in [0.4, 0.5) is 0 Å². The van der Waals surface area contributed by atoms with E-state index in [-0.39, 0.29) is 5.91 Å². The van der Waals surface area contributed by atoms with E-state index in [0.717, 1.165) is 32.5 Å². The molecule has 1 spiro atoms. The van der Waals surface area contributed by atoms with Gasteiger partial charge in [-0.2, -0.15) is 0 Å². The van der Waals surface area contributed by atoms with Crippen molar-refractivity contribution in [2.24, 2.45) is 5.41 Å².